The lowest BCUT2D eigenvalue weighted by atomic mass is 10.2. The van der Waals surface area contributed by atoms with Crippen LogP contribution in [0.2, 0.25) is 0 Å². The van der Waals surface area contributed by atoms with Crippen LogP contribution in [0.1, 0.15) is 21.7 Å². The quantitative estimate of drug-likeness (QED) is 0.659. The molecular formula is C15H15N3O. The zero-order chi connectivity index (χ0) is 13.6. The highest BCUT2D eigenvalue weighted by molar-refractivity contribution is 5.98. The van der Waals surface area contributed by atoms with Crippen molar-refractivity contribution in [1.29, 1.82) is 0 Å². The molecule has 19 heavy (non-hydrogen) atoms. The van der Waals surface area contributed by atoms with Crippen molar-refractivity contribution in [2.75, 3.05) is 0 Å². The lowest BCUT2D eigenvalue weighted by Crippen LogP contribution is -1.97. The van der Waals surface area contributed by atoms with Crippen molar-refractivity contribution in [3.05, 3.63) is 47.4 Å². The van der Waals surface area contributed by atoms with Crippen LogP contribution in [0, 0.1) is 13.8 Å². The van der Waals surface area contributed by atoms with Gasteiger partial charge in [0.05, 0.1) is 22.6 Å². The second kappa shape index (κ2) is 4.09. The van der Waals surface area contributed by atoms with Gasteiger partial charge in [0.15, 0.2) is 6.29 Å². The van der Waals surface area contributed by atoms with Gasteiger partial charge in [-0.25, -0.2) is 0 Å². The largest absolute Gasteiger partial charge is 0.312 e. The van der Waals surface area contributed by atoms with E-state index in [0.29, 0.717) is 5.56 Å². The molecule has 2 aromatic heterocycles. The first-order chi connectivity index (χ1) is 9.13. The average molecular weight is 253 g/mol. The maximum Gasteiger partial charge on any atom is 0.152 e. The number of hydrogen-bond acceptors (Lipinski definition) is 2. The van der Waals surface area contributed by atoms with Crippen molar-refractivity contribution < 1.29 is 4.79 Å². The molecule has 3 rings (SSSR count). The van der Waals surface area contributed by atoms with Crippen LogP contribution in [-0.2, 0) is 7.05 Å². The SMILES string of the molecule is Cc1nn(C)c(C)c1-n1cc(C=O)c2ccccc21. The zero-order valence-corrected chi connectivity index (χ0v) is 11.2. The Morgan fingerprint density at radius 1 is 1.21 bits per heavy atom. The van der Waals surface area contributed by atoms with Crippen molar-refractivity contribution in [2.45, 2.75) is 13.8 Å². The van der Waals surface area contributed by atoms with Gasteiger partial charge in [0, 0.05) is 24.2 Å². The number of hydrogen-bond donors (Lipinski definition) is 0. The maximum atomic E-state index is 11.2. The topological polar surface area (TPSA) is 39.8 Å². The lowest BCUT2D eigenvalue weighted by Gasteiger charge is -2.05. The van der Waals surface area contributed by atoms with E-state index in [1.807, 2.05) is 56.0 Å². The molecule has 3 aromatic rings. The van der Waals surface area contributed by atoms with Gasteiger partial charge < -0.3 is 4.57 Å². The molecule has 2 heterocycles. The molecule has 0 unspecified atom stereocenters. The average Bonchev–Trinajstić information content (AvgIpc) is 2.88. The summed E-state index contributed by atoms with van der Waals surface area (Å²) < 4.78 is 3.91. The number of carbonyl (C=O) groups is 1. The summed E-state index contributed by atoms with van der Waals surface area (Å²) in [5.41, 5.74) is 4.82. The Labute approximate surface area is 111 Å². The molecule has 0 amide bonds. The number of fused-ring (bicyclic) bond motifs is 1. The van der Waals surface area contributed by atoms with Crippen LogP contribution in [-0.4, -0.2) is 20.6 Å². The molecule has 0 aliphatic carbocycles. The fraction of sp³-hybridized carbons (Fsp3) is 0.200. The molecule has 0 bridgehead atoms. The van der Waals surface area contributed by atoms with Crippen LogP contribution in [0.5, 0.6) is 0 Å². The van der Waals surface area contributed by atoms with Gasteiger partial charge >= 0.3 is 0 Å². The van der Waals surface area contributed by atoms with Crippen molar-refractivity contribution in [3.8, 4) is 5.69 Å². The molecule has 0 N–H and O–H groups in total. The van der Waals surface area contributed by atoms with Crippen LogP contribution in [0.25, 0.3) is 16.6 Å². The smallest absolute Gasteiger partial charge is 0.152 e. The standard InChI is InChI=1S/C15H15N3O/c1-10-15(11(2)17(3)16-10)18-8-12(9-19)13-6-4-5-7-14(13)18/h4-9H,1-3H3. The van der Waals surface area contributed by atoms with Gasteiger partial charge in [-0.05, 0) is 19.9 Å². The van der Waals surface area contributed by atoms with Gasteiger partial charge in [-0.2, -0.15) is 5.10 Å². The van der Waals surface area contributed by atoms with E-state index < -0.39 is 0 Å². The summed E-state index contributed by atoms with van der Waals surface area (Å²) in [5.74, 6) is 0. The van der Waals surface area contributed by atoms with Crippen LogP contribution < -0.4 is 0 Å². The fourth-order valence-electron chi connectivity index (χ4n) is 2.60. The third-order valence-corrected chi connectivity index (χ3v) is 3.58. The van der Waals surface area contributed by atoms with Crippen LogP contribution in [0.3, 0.4) is 0 Å². The molecular weight excluding hydrogens is 238 g/mol. The van der Waals surface area contributed by atoms with Crippen LogP contribution >= 0.6 is 0 Å². The third kappa shape index (κ3) is 1.60. The first-order valence-electron chi connectivity index (χ1n) is 6.19. The zero-order valence-electron chi connectivity index (χ0n) is 11.2. The number of benzene rings is 1. The lowest BCUT2D eigenvalue weighted by molar-refractivity contribution is 0.112. The first-order valence-corrected chi connectivity index (χ1v) is 6.19. The highest BCUT2D eigenvalue weighted by Gasteiger charge is 2.15. The second-order valence-electron chi connectivity index (χ2n) is 4.73. The van der Waals surface area contributed by atoms with E-state index in [0.717, 1.165) is 34.3 Å². The Kier molecular flexibility index (Phi) is 2.52. The maximum absolute atomic E-state index is 11.2. The minimum atomic E-state index is 0.707. The molecule has 4 nitrogen and oxygen atoms in total. The van der Waals surface area contributed by atoms with Crippen LogP contribution in [0.15, 0.2) is 30.5 Å². The predicted octanol–water partition coefficient (Wildman–Crippen LogP) is 2.79. The third-order valence-electron chi connectivity index (χ3n) is 3.58. The van der Waals surface area contributed by atoms with Crippen molar-refractivity contribution in [3.63, 3.8) is 0 Å². The monoisotopic (exact) mass is 253 g/mol. The first kappa shape index (κ1) is 11.7. The van der Waals surface area contributed by atoms with Gasteiger partial charge in [-0.1, -0.05) is 18.2 Å². The summed E-state index contributed by atoms with van der Waals surface area (Å²) in [6.07, 6.45) is 2.79. The van der Waals surface area contributed by atoms with Crippen molar-refractivity contribution in [1.82, 2.24) is 14.3 Å². The van der Waals surface area contributed by atoms with E-state index in [9.17, 15) is 4.79 Å². The van der Waals surface area contributed by atoms with Gasteiger partial charge in [0.1, 0.15) is 0 Å². The Balaban J connectivity index is 2.40. The molecule has 0 saturated heterocycles. The van der Waals surface area contributed by atoms with E-state index in [-0.39, 0.29) is 0 Å². The van der Waals surface area contributed by atoms with Crippen LogP contribution in [0.4, 0.5) is 0 Å². The summed E-state index contributed by atoms with van der Waals surface area (Å²) in [4.78, 5) is 11.2. The molecule has 0 fully saturated rings. The number of nitrogens with zero attached hydrogens (tertiary/aromatic N) is 3. The Bertz CT molecular complexity index is 780. The van der Waals surface area contributed by atoms with E-state index in [1.165, 1.54) is 0 Å². The minimum Gasteiger partial charge on any atom is -0.312 e. The Morgan fingerprint density at radius 2 is 1.95 bits per heavy atom. The molecule has 96 valence electrons. The van der Waals surface area contributed by atoms with E-state index in [4.69, 9.17) is 0 Å². The number of rotatable bonds is 2. The molecule has 4 heteroatoms. The summed E-state index contributed by atoms with van der Waals surface area (Å²) >= 11 is 0. The molecule has 1 aromatic carbocycles. The molecule has 0 atom stereocenters. The number of para-hydroxylation sites is 1. The number of aromatic nitrogens is 3. The molecule has 0 radical (unpaired) electrons. The van der Waals surface area contributed by atoms with E-state index in [2.05, 4.69) is 9.67 Å². The summed E-state index contributed by atoms with van der Waals surface area (Å²) in [6, 6.07) is 7.92. The van der Waals surface area contributed by atoms with Crippen molar-refractivity contribution in [2.24, 2.45) is 7.05 Å². The molecule has 0 spiro atoms. The number of carbonyl (C=O) groups excluding carboxylic acids is 1. The fourth-order valence-corrected chi connectivity index (χ4v) is 2.60. The van der Waals surface area contributed by atoms with Gasteiger partial charge in [0.2, 0.25) is 0 Å². The summed E-state index contributed by atoms with van der Waals surface area (Å²) in [6.45, 7) is 4.02. The molecule has 0 saturated carbocycles. The summed E-state index contributed by atoms with van der Waals surface area (Å²) in [7, 11) is 1.93. The Morgan fingerprint density at radius 3 is 2.58 bits per heavy atom. The van der Waals surface area contributed by atoms with E-state index in [1.54, 1.807) is 0 Å². The predicted molar refractivity (Wildman–Crippen MR) is 74.9 cm³/mol. The van der Waals surface area contributed by atoms with Crippen molar-refractivity contribution >= 4 is 17.2 Å². The number of aldehydes is 1. The highest BCUT2D eigenvalue weighted by atomic mass is 16.1. The van der Waals surface area contributed by atoms with Gasteiger partial charge in [-0.15, -0.1) is 0 Å². The minimum absolute atomic E-state index is 0.707. The Hall–Kier alpha value is -2.36. The molecule has 0 aliphatic heterocycles. The van der Waals surface area contributed by atoms with Gasteiger partial charge in [0.25, 0.3) is 0 Å². The second-order valence-corrected chi connectivity index (χ2v) is 4.73. The van der Waals surface area contributed by atoms with Gasteiger partial charge in [-0.3, -0.25) is 9.48 Å². The normalized spacial score (nSPS) is 11.1. The number of aryl methyl sites for hydroxylation is 2. The molecule has 0 aliphatic rings. The van der Waals surface area contributed by atoms with E-state index >= 15 is 0 Å². The summed E-state index contributed by atoms with van der Waals surface area (Å²) in [5, 5.41) is 5.41. The highest BCUT2D eigenvalue weighted by Crippen LogP contribution is 2.27.